The minimum absolute atomic E-state index is 0.117. The van der Waals surface area contributed by atoms with Gasteiger partial charge in [-0.05, 0) is 44.0 Å². The van der Waals surface area contributed by atoms with Crippen LogP contribution in [0, 0.1) is 5.41 Å². The predicted octanol–water partition coefficient (Wildman–Crippen LogP) is 5.80. The van der Waals surface area contributed by atoms with Crippen LogP contribution in [0.3, 0.4) is 0 Å². The first-order chi connectivity index (χ1) is 19.7. The second-order valence-corrected chi connectivity index (χ2v) is 11.1. The van der Waals surface area contributed by atoms with Crippen LogP contribution in [-0.4, -0.2) is 62.9 Å². The summed E-state index contributed by atoms with van der Waals surface area (Å²) < 4.78 is 17.0. The minimum Gasteiger partial charge on any atom is -0.494 e. The third-order valence-corrected chi connectivity index (χ3v) is 7.95. The molecule has 0 bridgehead atoms. The standard InChI is InChI=1S/C30H37ClN6O4/c1-6-37-24-10-9-23(26(40-5)20(24)11-12-30(2,3)28(37)38)34-29-32-18-21(31)27(35-29)33-22-8-7-19(17-25(22)39-4)36-13-15-41-16-14-36/h7-10,17-18H,6,11-16H2,1-5H3,(H2,32,33,34,35). The Morgan fingerprint density at radius 2 is 1.83 bits per heavy atom. The molecular formula is C30H37ClN6O4. The molecule has 11 heteroatoms. The molecule has 1 amide bonds. The average molecular weight is 581 g/mol. The van der Waals surface area contributed by atoms with Crippen LogP contribution in [0.5, 0.6) is 11.5 Å². The van der Waals surface area contributed by atoms with Crippen molar-refractivity contribution in [1.82, 2.24) is 9.97 Å². The molecule has 0 atom stereocenters. The summed E-state index contributed by atoms with van der Waals surface area (Å²) >= 11 is 6.50. The van der Waals surface area contributed by atoms with Gasteiger partial charge >= 0.3 is 0 Å². The zero-order chi connectivity index (χ0) is 29.1. The van der Waals surface area contributed by atoms with Crippen LogP contribution < -0.4 is 29.9 Å². The quantitative estimate of drug-likeness (QED) is 0.342. The molecule has 1 aromatic heterocycles. The summed E-state index contributed by atoms with van der Waals surface area (Å²) in [5.74, 6) is 2.23. The van der Waals surface area contributed by atoms with E-state index in [2.05, 4.69) is 25.5 Å². The summed E-state index contributed by atoms with van der Waals surface area (Å²) in [6, 6.07) is 9.83. The molecule has 2 aromatic carbocycles. The van der Waals surface area contributed by atoms with Gasteiger partial charge in [0.15, 0.2) is 5.82 Å². The van der Waals surface area contributed by atoms with E-state index >= 15 is 0 Å². The number of carbonyl (C=O) groups excluding carboxylic acids is 1. The number of aromatic nitrogens is 2. The van der Waals surface area contributed by atoms with Gasteiger partial charge in [0.05, 0.1) is 50.7 Å². The van der Waals surface area contributed by atoms with Gasteiger partial charge in [0.2, 0.25) is 11.9 Å². The molecule has 0 saturated carbocycles. The van der Waals surface area contributed by atoms with E-state index in [1.165, 1.54) is 0 Å². The maximum atomic E-state index is 13.2. The van der Waals surface area contributed by atoms with E-state index < -0.39 is 5.41 Å². The summed E-state index contributed by atoms with van der Waals surface area (Å²) in [4.78, 5) is 26.4. The van der Waals surface area contributed by atoms with Crippen molar-refractivity contribution in [3.63, 3.8) is 0 Å². The summed E-state index contributed by atoms with van der Waals surface area (Å²) in [6.45, 7) is 9.64. The molecule has 218 valence electrons. The van der Waals surface area contributed by atoms with Crippen molar-refractivity contribution in [2.24, 2.45) is 5.41 Å². The Bertz CT molecular complexity index is 1430. The monoisotopic (exact) mass is 580 g/mol. The van der Waals surface area contributed by atoms with E-state index in [0.29, 0.717) is 66.6 Å². The molecule has 1 fully saturated rings. The number of rotatable bonds is 8. The van der Waals surface area contributed by atoms with Gasteiger partial charge in [-0.1, -0.05) is 25.4 Å². The molecule has 3 aromatic rings. The number of methoxy groups -OCH3 is 2. The fraction of sp³-hybridized carbons (Fsp3) is 0.433. The number of fused-ring (bicyclic) bond motifs is 1. The molecule has 3 heterocycles. The number of amides is 1. The predicted molar refractivity (Wildman–Crippen MR) is 163 cm³/mol. The lowest BCUT2D eigenvalue weighted by atomic mass is 9.86. The Labute approximate surface area is 246 Å². The Hall–Kier alpha value is -3.76. The lowest BCUT2D eigenvalue weighted by Crippen LogP contribution is -2.39. The van der Waals surface area contributed by atoms with Gasteiger partial charge in [-0.2, -0.15) is 4.98 Å². The minimum atomic E-state index is -0.463. The molecule has 0 aliphatic carbocycles. The van der Waals surface area contributed by atoms with E-state index in [9.17, 15) is 4.79 Å². The maximum absolute atomic E-state index is 13.2. The number of anilines is 6. The Morgan fingerprint density at radius 3 is 2.54 bits per heavy atom. The first kappa shape index (κ1) is 28.8. The number of hydrogen-bond acceptors (Lipinski definition) is 9. The SMILES string of the molecule is CCN1C(=O)C(C)(C)CCc2c1ccc(Nc1ncc(Cl)c(Nc3ccc(N4CCOCC4)cc3OC)n1)c2OC. The van der Waals surface area contributed by atoms with Crippen molar-refractivity contribution in [3.05, 3.63) is 47.1 Å². The van der Waals surface area contributed by atoms with E-state index in [1.54, 1.807) is 20.4 Å². The van der Waals surface area contributed by atoms with Crippen LogP contribution in [0.1, 0.15) is 32.8 Å². The van der Waals surface area contributed by atoms with Crippen molar-refractivity contribution >= 4 is 52.0 Å². The van der Waals surface area contributed by atoms with Crippen LogP contribution in [0.25, 0.3) is 0 Å². The van der Waals surface area contributed by atoms with Crippen LogP contribution >= 0.6 is 11.6 Å². The Kier molecular flexibility index (Phi) is 8.42. The lowest BCUT2D eigenvalue weighted by molar-refractivity contribution is -0.126. The summed E-state index contributed by atoms with van der Waals surface area (Å²) in [5, 5.41) is 6.95. The average Bonchev–Trinajstić information content (AvgIpc) is 3.08. The largest absolute Gasteiger partial charge is 0.494 e. The molecule has 0 radical (unpaired) electrons. The number of carbonyl (C=O) groups is 1. The summed E-state index contributed by atoms with van der Waals surface area (Å²) in [5.41, 5.74) is 3.89. The number of nitrogens with zero attached hydrogens (tertiary/aromatic N) is 4. The highest BCUT2D eigenvalue weighted by atomic mass is 35.5. The van der Waals surface area contributed by atoms with Gasteiger partial charge in [0.25, 0.3) is 0 Å². The zero-order valence-electron chi connectivity index (χ0n) is 24.2. The molecule has 0 unspecified atom stereocenters. The number of ether oxygens (including phenoxy) is 3. The normalized spacial score (nSPS) is 16.6. The van der Waals surface area contributed by atoms with E-state index in [1.807, 2.05) is 56.0 Å². The molecule has 0 spiro atoms. The number of benzene rings is 2. The first-order valence-electron chi connectivity index (χ1n) is 13.8. The maximum Gasteiger partial charge on any atom is 0.232 e. The number of nitrogens with one attached hydrogen (secondary N) is 2. The van der Waals surface area contributed by atoms with E-state index in [0.717, 1.165) is 35.7 Å². The van der Waals surface area contributed by atoms with Crippen LogP contribution in [0.4, 0.5) is 34.5 Å². The highest BCUT2D eigenvalue weighted by molar-refractivity contribution is 6.33. The number of halogens is 1. The third kappa shape index (κ3) is 5.85. The van der Waals surface area contributed by atoms with Crippen molar-refractivity contribution in [2.75, 3.05) is 67.5 Å². The zero-order valence-corrected chi connectivity index (χ0v) is 25.0. The summed E-state index contributed by atoms with van der Waals surface area (Å²) in [7, 11) is 3.27. The van der Waals surface area contributed by atoms with Gasteiger partial charge in [0.1, 0.15) is 16.5 Å². The van der Waals surface area contributed by atoms with Crippen molar-refractivity contribution in [2.45, 2.75) is 33.6 Å². The van der Waals surface area contributed by atoms with Gasteiger partial charge in [0, 0.05) is 42.4 Å². The third-order valence-electron chi connectivity index (χ3n) is 7.68. The highest BCUT2D eigenvalue weighted by Gasteiger charge is 2.37. The number of morpholine rings is 1. The van der Waals surface area contributed by atoms with Gasteiger partial charge in [-0.3, -0.25) is 4.79 Å². The second kappa shape index (κ2) is 12.0. The van der Waals surface area contributed by atoms with E-state index in [-0.39, 0.29) is 5.91 Å². The fourth-order valence-electron chi connectivity index (χ4n) is 5.34. The van der Waals surface area contributed by atoms with Gasteiger partial charge < -0.3 is 34.6 Å². The van der Waals surface area contributed by atoms with Gasteiger partial charge in [-0.25, -0.2) is 4.98 Å². The smallest absolute Gasteiger partial charge is 0.232 e. The molecule has 10 nitrogen and oxygen atoms in total. The first-order valence-corrected chi connectivity index (χ1v) is 14.2. The molecule has 2 aliphatic rings. The van der Waals surface area contributed by atoms with Gasteiger partial charge in [-0.15, -0.1) is 0 Å². The van der Waals surface area contributed by atoms with Crippen LogP contribution in [0.2, 0.25) is 5.02 Å². The highest BCUT2D eigenvalue weighted by Crippen LogP contribution is 2.43. The van der Waals surface area contributed by atoms with Crippen molar-refractivity contribution in [1.29, 1.82) is 0 Å². The second-order valence-electron chi connectivity index (χ2n) is 10.7. The molecule has 5 rings (SSSR count). The molecule has 41 heavy (non-hydrogen) atoms. The van der Waals surface area contributed by atoms with Crippen LogP contribution in [-0.2, 0) is 16.0 Å². The molecule has 2 aliphatic heterocycles. The number of hydrogen-bond donors (Lipinski definition) is 2. The van der Waals surface area contributed by atoms with Crippen LogP contribution in [0.15, 0.2) is 36.5 Å². The van der Waals surface area contributed by atoms with Crippen molar-refractivity contribution < 1.29 is 19.0 Å². The van der Waals surface area contributed by atoms with Crippen molar-refractivity contribution in [3.8, 4) is 11.5 Å². The van der Waals surface area contributed by atoms with E-state index in [4.69, 9.17) is 25.8 Å². The molecular weight excluding hydrogens is 544 g/mol. The lowest BCUT2D eigenvalue weighted by Gasteiger charge is -2.29. The summed E-state index contributed by atoms with van der Waals surface area (Å²) in [6.07, 6.45) is 2.97. The fourth-order valence-corrected chi connectivity index (χ4v) is 5.48. The topological polar surface area (TPSA) is 101 Å². The molecule has 1 saturated heterocycles. The Balaban J connectivity index is 1.42. The molecule has 2 N–H and O–H groups in total. The Morgan fingerprint density at radius 1 is 1.07 bits per heavy atom.